The summed E-state index contributed by atoms with van der Waals surface area (Å²) in [4.78, 5) is 11.7. The number of carboxylic acid groups (broad SMARTS) is 1. The van der Waals surface area contributed by atoms with Crippen molar-refractivity contribution in [2.45, 2.75) is 65.2 Å². The monoisotopic (exact) mass is 338 g/mol. The maximum Gasteiger partial charge on any atom is 0.336 e. The molecule has 0 aromatic heterocycles. The Morgan fingerprint density at radius 2 is 1.48 bits per heavy atom. The second-order valence-electron chi connectivity index (χ2n) is 8.09. The van der Waals surface area contributed by atoms with Crippen LogP contribution in [-0.2, 0) is 10.8 Å². The smallest absolute Gasteiger partial charge is 0.336 e. The summed E-state index contributed by atoms with van der Waals surface area (Å²) in [5, 5.41) is 9.60. The third kappa shape index (κ3) is 3.78. The number of hydrogen-bond donors (Lipinski definition) is 1. The minimum Gasteiger partial charge on any atom is -0.478 e. The Morgan fingerprint density at radius 1 is 0.880 bits per heavy atom. The van der Waals surface area contributed by atoms with Gasteiger partial charge in [0.25, 0.3) is 0 Å². The Morgan fingerprint density at radius 3 is 2.04 bits per heavy atom. The van der Waals surface area contributed by atoms with Gasteiger partial charge in [0, 0.05) is 0 Å². The van der Waals surface area contributed by atoms with E-state index in [4.69, 9.17) is 0 Å². The highest BCUT2D eigenvalue weighted by Gasteiger charge is 2.27. The van der Waals surface area contributed by atoms with Gasteiger partial charge in [0.05, 0.1) is 5.56 Å². The van der Waals surface area contributed by atoms with Gasteiger partial charge in [0.1, 0.15) is 0 Å². The van der Waals surface area contributed by atoms with Gasteiger partial charge in [-0.3, -0.25) is 0 Å². The lowest BCUT2D eigenvalue weighted by atomic mass is 9.73. The number of aromatic carboxylic acids is 1. The zero-order valence-corrected chi connectivity index (χ0v) is 16.3. The summed E-state index contributed by atoms with van der Waals surface area (Å²) in [5.74, 6) is -0.881. The molecule has 1 N–H and O–H groups in total. The third-order valence-corrected chi connectivity index (χ3v) is 5.75. The number of carboxylic acids is 1. The quantitative estimate of drug-likeness (QED) is 0.659. The van der Waals surface area contributed by atoms with Crippen LogP contribution in [-0.4, -0.2) is 11.1 Å². The number of carbonyl (C=O) groups is 1. The Labute approximate surface area is 151 Å². The lowest BCUT2D eigenvalue weighted by Crippen LogP contribution is -2.21. The predicted molar refractivity (Wildman–Crippen MR) is 105 cm³/mol. The molecule has 0 saturated heterocycles. The van der Waals surface area contributed by atoms with Gasteiger partial charge in [-0.15, -0.1) is 0 Å². The van der Waals surface area contributed by atoms with Gasteiger partial charge >= 0.3 is 5.97 Å². The molecule has 0 fully saturated rings. The highest BCUT2D eigenvalue weighted by molar-refractivity contribution is 5.96. The van der Waals surface area contributed by atoms with Crippen molar-refractivity contribution in [2.24, 2.45) is 0 Å². The molecule has 0 spiro atoms. The first-order valence-corrected chi connectivity index (χ1v) is 9.11. The fourth-order valence-electron chi connectivity index (χ4n) is 3.06. The molecule has 0 radical (unpaired) electrons. The molecule has 2 aromatic rings. The highest BCUT2D eigenvalue weighted by Crippen LogP contribution is 2.40. The molecule has 0 atom stereocenters. The van der Waals surface area contributed by atoms with Crippen molar-refractivity contribution in [3.8, 4) is 11.1 Å². The molecule has 0 bridgehead atoms. The first-order valence-electron chi connectivity index (χ1n) is 9.11. The summed E-state index contributed by atoms with van der Waals surface area (Å²) in [6.07, 6.45) is 2.05. The van der Waals surface area contributed by atoms with Gasteiger partial charge in [0.15, 0.2) is 0 Å². The SMILES string of the molecule is CCC(C)(C)c1ccc(-c2ccccc2C(=O)O)c(C(C)(C)CC)c1. The molecule has 0 aliphatic carbocycles. The lowest BCUT2D eigenvalue weighted by molar-refractivity contribution is 0.0697. The zero-order chi connectivity index (χ0) is 18.8. The Kier molecular flexibility index (Phi) is 5.41. The molecule has 0 aliphatic heterocycles. The van der Waals surface area contributed by atoms with Crippen molar-refractivity contribution < 1.29 is 9.90 Å². The molecule has 0 amide bonds. The van der Waals surface area contributed by atoms with E-state index in [0.717, 1.165) is 24.0 Å². The Balaban J connectivity index is 2.77. The van der Waals surface area contributed by atoms with Crippen molar-refractivity contribution in [3.63, 3.8) is 0 Å². The first-order chi connectivity index (χ1) is 11.6. The molecule has 134 valence electrons. The van der Waals surface area contributed by atoms with Gasteiger partial charge in [-0.1, -0.05) is 77.9 Å². The second kappa shape index (κ2) is 7.03. The molecule has 0 saturated carbocycles. The first kappa shape index (κ1) is 19.2. The van der Waals surface area contributed by atoms with E-state index in [1.165, 1.54) is 11.1 Å². The van der Waals surface area contributed by atoms with Crippen molar-refractivity contribution in [1.29, 1.82) is 0 Å². The van der Waals surface area contributed by atoms with E-state index in [2.05, 4.69) is 59.7 Å². The molecule has 0 unspecified atom stereocenters. The molecule has 0 aliphatic rings. The molecule has 25 heavy (non-hydrogen) atoms. The summed E-state index contributed by atoms with van der Waals surface area (Å²) in [5.41, 5.74) is 4.79. The fourth-order valence-corrected chi connectivity index (χ4v) is 3.06. The van der Waals surface area contributed by atoms with E-state index >= 15 is 0 Å². The van der Waals surface area contributed by atoms with E-state index in [1.54, 1.807) is 12.1 Å². The summed E-state index contributed by atoms with van der Waals surface area (Å²) in [6, 6.07) is 13.9. The standard InChI is InChI=1S/C23H30O2/c1-7-22(3,4)16-13-14-18(20(15-16)23(5,6)8-2)17-11-9-10-12-19(17)21(24)25/h9-15H,7-8H2,1-6H3,(H,24,25). The van der Waals surface area contributed by atoms with E-state index in [0.29, 0.717) is 5.56 Å². The van der Waals surface area contributed by atoms with Crippen LogP contribution in [0, 0.1) is 0 Å². The highest BCUT2D eigenvalue weighted by atomic mass is 16.4. The van der Waals surface area contributed by atoms with Gasteiger partial charge in [0.2, 0.25) is 0 Å². The second-order valence-corrected chi connectivity index (χ2v) is 8.09. The fraction of sp³-hybridized carbons (Fsp3) is 0.435. The number of benzene rings is 2. The van der Waals surface area contributed by atoms with Crippen LogP contribution in [0.15, 0.2) is 42.5 Å². The molecule has 2 heteroatoms. The number of hydrogen-bond acceptors (Lipinski definition) is 1. The van der Waals surface area contributed by atoms with E-state index < -0.39 is 5.97 Å². The van der Waals surface area contributed by atoms with Gasteiger partial charge in [-0.2, -0.15) is 0 Å². The summed E-state index contributed by atoms with van der Waals surface area (Å²) in [6.45, 7) is 13.4. The average molecular weight is 338 g/mol. The molecular weight excluding hydrogens is 308 g/mol. The normalized spacial score (nSPS) is 12.2. The summed E-state index contributed by atoms with van der Waals surface area (Å²) in [7, 11) is 0. The molecule has 2 aromatic carbocycles. The Hall–Kier alpha value is -2.09. The molecular formula is C23H30O2. The Bertz CT molecular complexity index is 769. The molecule has 0 heterocycles. The average Bonchev–Trinajstić information content (AvgIpc) is 2.61. The van der Waals surface area contributed by atoms with Crippen LogP contribution in [0.4, 0.5) is 0 Å². The maximum atomic E-state index is 11.7. The van der Waals surface area contributed by atoms with Crippen LogP contribution in [0.1, 0.15) is 75.9 Å². The van der Waals surface area contributed by atoms with E-state index in [-0.39, 0.29) is 10.8 Å². The lowest BCUT2D eigenvalue weighted by Gasteiger charge is -2.31. The van der Waals surface area contributed by atoms with Crippen molar-refractivity contribution in [1.82, 2.24) is 0 Å². The van der Waals surface area contributed by atoms with Crippen LogP contribution < -0.4 is 0 Å². The molecule has 2 rings (SSSR count). The summed E-state index contributed by atoms with van der Waals surface area (Å²) >= 11 is 0. The van der Waals surface area contributed by atoms with Gasteiger partial charge in [-0.05, 0) is 52.0 Å². The van der Waals surface area contributed by atoms with E-state index in [9.17, 15) is 9.90 Å². The van der Waals surface area contributed by atoms with Crippen LogP contribution in [0.25, 0.3) is 11.1 Å². The van der Waals surface area contributed by atoms with Crippen molar-refractivity contribution in [2.75, 3.05) is 0 Å². The largest absolute Gasteiger partial charge is 0.478 e. The van der Waals surface area contributed by atoms with Crippen molar-refractivity contribution in [3.05, 3.63) is 59.2 Å². The van der Waals surface area contributed by atoms with Crippen LogP contribution in [0.5, 0.6) is 0 Å². The van der Waals surface area contributed by atoms with Crippen LogP contribution in [0.2, 0.25) is 0 Å². The summed E-state index contributed by atoms with van der Waals surface area (Å²) < 4.78 is 0. The van der Waals surface area contributed by atoms with Gasteiger partial charge < -0.3 is 5.11 Å². The molecule has 2 nitrogen and oxygen atoms in total. The minimum atomic E-state index is -0.881. The predicted octanol–water partition coefficient (Wildman–Crippen LogP) is 6.43. The van der Waals surface area contributed by atoms with Crippen LogP contribution >= 0.6 is 0 Å². The number of rotatable bonds is 6. The third-order valence-electron chi connectivity index (χ3n) is 5.75. The van der Waals surface area contributed by atoms with Gasteiger partial charge in [-0.25, -0.2) is 4.79 Å². The maximum absolute atomic E-state index is 11.7. The zero-order valence-electron chi connectivity index (χ0n) is 16.3. The van der Waals surface area contributed by atoms with E-state index in [1.807, 2.05) is 12.1 Å². The topological polar surface area (TPSA) is 37.3 Å². The van der Waals surface area contributed by atoms with Crippen molar-refractivity contribution >= 4 is 5.97 Å². The van der Waals surface area contributed by atoms with Crippen LogP contribution in [0.3, 0.4) is 0 Å². The minimum absolute atomic E-state index is 0.0270.